The number of rotatable bonds is 10. The molecule has 0 saturated carbocycles. The van der Waals surface area contributed by atoms with E-state index in [1.54, 1.807) is 0 Å². The lowest BCUT2D eigenvalue weighted by Crippen LogP contribution is -2.28. The van der Waals surface area contributed by atoms with E-state index in [0.717, 1.165) is 51.9 Å². The highest BCUT2D eigenvalue weighted by molar-refractivity contribution is 7.10. The summed E-state index contributed by atoms with van der Waals surface area (Å²) in [5, 5.41) is 10.9. The molecule has 0 saturated heterocycles. The molecule has 0 aromatic carbocycles. The summed E-state index contributed by atoms with van der Waals surface area (Å²) in [6.45, 7) is 4.24. The zero-order valence-electron chi connectivity index (χ0n) is 22.3. The summed E-state index contributed by atoms with van der Waals surface area (Å²) in [6.07, 6.45) is 8.19. The Balaban J connectivity index is 0.000000155. The molecular formula is C30H38N6S2. The Kier molecular flexibility index (Phi) is 9.41. The van der Waals surface area contributed by atoms with Gasteiger partial charge in [0.15, 0.2) is 0 Å². The van der Waals surface area contributed by atoms with E-state index in [1.807, 2.05) is 61.3 Å². The van der Waals surface area contributed by atoms with Gasteiger partial charge in [-0.05, 0) is 87.2 Å². The number of nitrogens with zero attached hydrogens (tertiary/aromatic N) is 4. The summed E-state index contributed by atoms with van der Waals surface area (Å²) < 4.78 is 0. The van der Waals surface area contributed by atoms with E-state index < -0.39 is 0 Å². The van der Waals surface area contributed by atoms with Crippen LogP contribution in [0.1, 0.15) is 46.1 Å². The fraction of sp³-hybridized carbons (Fsp3) is 0.400. The number of aromatic nitrogens is 2. The molecule has 4 aromatic heterocycles. The molecular weight excluding hydrogens is 509 g/mol. The number of nitrogens with one attached hydrogen (secondary N) is 2. The minimum Gasteiger partial charge on any atom is -0.362 e. The van der Waals surface area contributed by atoms with Crippen molar-refractivity contribution in [2.24, 2.45) is 0 Å². The summed E-state index contributed by atoms with van der Waals surface area (Å²) in [7, 11) is 4.04. The minimum absolute atomic E-state index is 0.470. The Labute approximate surface area is 234 Å². The molecule has 4 aromatic rings. The van der Waals surface area contributed by atoms with Crippen LogP contribution in [-0.4, -0.2) is 50.2 Å². The maximum atomic E-state index is 4.50. The molecule has 0 aliphatic carbocycles. The molecule has 38 heavy (non-hydrogen) atoms. The van der Waals surface area contributed by atoms with Gasteiger partial charge >= 0.3 is 0 Å². The maximum Gasteiger partial charge on any atom is 0.0654 e. The number of hydrogen-bond acceptors (Lipinski definition) is 8. The highest BCUT2D eigenvalue weighted by Crippen LogP contribution is 2.38. The number of anilines is 2. The summed E-state index contributed by atoms with van der Waals surface area (Å²) in [5.41, 5.74) is 5.12. The Morgan fingerprint density at radius 3 is 1.58 bits per heavy atom. The van der Waals surface area contributed by atoms with Crippen molar-refractivity contribution in [1.29, 1.82) is 0 Å². The molecule has 6 nitrogen and oxygen atoms in total. The molecule has 0 bridgehead atoms. The van der Waals surface area contributed by atoms with E-state index >= 15 is 0 Å². The summed E-state index contributed by atoms with van der Waals surface area (Å²) in [5.74, 6) is 0. The molecule has 2 aliphatic rings. The zero-order valence-corrected chi connectivity index (χ0v) is 24.0. The SMILES string of the molecule is CNCC[C@@H](c1cccs1)N1CCc2ncccc21.CNCC[C@H](c1cccs1)N1CCc2ncccc21. The predicted octanol–water partition coefficient (Wildman–Crippen LogP) is 5.71. The smallest absolute Gasteiger partial charge is 0.0654 e. The highest BCUT2D eigenvalue weighted by atomic mass is 32.1. The first-order chi connectivity index (χ1) is 18.8. The van der Waals surface area contributed by atoms with Crippen LogP contribution in [-0.2, 0) is 12.8 Å². The molecule has 0 unspecified atom stereocenters. The van der Waals surface area contributed by atoms with Crippen LogP contribution >= 0.6 is 22.7 Å². The lowest BCUT2D eigenvalue weighted by Gasteiger charge is -2.29. The highest BCUT2D eigenvalue weighted by Gasteiger charge is 2.29. The van der Waals surface area contributed by atoms with E-state index in [0.29, 0.717) is 12.1 Å². The van der Waals surface area contributed by atoms with Gasteiger partial charge in [0.1, 0.15) is 0 Å². The standard InChI is InChI=1S/2C15H19N3S/c2*1-16-9-6-14(15-5-3-11-19-15)18-10-7-12-13(18)4-2-8-17-12/h2*2-5,8,11,14,16H,6-7,9-10H2,1H3/t2*14-/m10/s1. The van der Waals surface area contributed by atoms with E-state index in [9.17, 15) is 0 Å². The molecule has 2 aliphatic heterocycles. The second-order valence-electron chi connectivity index (χ2n) is 9.67. The molecule has 0 amide bonds. The molecule has 2 atom stereocenters. The van der Waals surface area contributed by atoms with Crippen molar-refractivity contribution in [2.45, 2.75) is 37.8 Å². The summed E-state index contributed by atoms with van der Waals surface area (Å²) >= 11 is 3.71. The van der Waals surface area contributed by atoms with Gasteiger partial charge in [-0.2, -0.15) is 0 Å². The monoisotopic (exact) mass is 546 g/mol. The Hall–Kier alpha value is -2.78. The van der Waals surface area contributed by atoms with Gasteiger partial charge in [-0.15, -0.1) is 22.7 Å². The van der Waals surface area contributed by atoms with Crippen molar-refractivity contribution >= 4 is 34.0 Å². The van der Waals surface area contributed by atoms with Crippen LogP contribution in [0.4, 0.5) is 11.4 Å². The van der Waals surface area contributed by atoms with Crippen molar-refractivity contribution < 1.29 is 0 Å². The summed E-state index contributed by atoms with van der Waals surface area (Å²) in [6, 6.07) is 18.2. The quantitative estimate of drug-likeness (QED) is 0.266. The van der Waals surface area contributed by atoms with Crippen molar-refractivity contribution in [3.8, 4) is 0 Å². The molecule has 0 radical (unpaired) electrons. The van der Waals surface area contributed by atoms with Crippen LogP contribution in [0.2, 0.25) is 0 Å². The van der Waals surface area contributed by atoms with Crippen molar-refractivity contribution in [1.82, 2.24) is 20.6 Å². The maximum absolute atomic E-state index is 4.50. The van der Waals surface area contributed by atoms with Crippen molar-refractivity contribution in [3.05, 3.63) is 92.8 Å². The number of hydrogen-bond donors (Lipinski definition) is 2. The Morgan fingerprint density at radius 1 is 0.711 bits per heavy atom. The lowest BCUT2D eigenvalue weighted by atomic mass is 10.1. The molecule has 200 valence electrons. The van der Waals surface area contributed by atoms with Crippen LogP contribution in [0.5, 0.6) is 0 Å². The van der Waals surface area contributed by atoms with Gasteiger partial charge in [0, 0.05) is 48.1 Å². The van der Waals surface area contributed by atoms with E-state index in [1.165, 1.54) is 32.5 Å². The minimum atomic E-state index is 0.470. The van der Waals surface area contributed by atoms with Crippen LogP contribution in [0.15, 0.2) is 71.7 Å². The third-order valence-corrected chi connectivity index (χ3v) is 9.31. The lowest BCUT2D eigenvalue weighted by molar-refractivity contribution is 0.576. The normalized spacial score (nSPS) is 15.5. The average Bonchev–Trinajstić information content (AvgIpc) is 3.78. The number of pyridine rings is 2. The van der Waals surface area contributed by atoms with Gasteiger partial charge in [-0.25, -0.2) is 0 Å². The fourth-order valence-electron chi connectivity index (χ4n) is 5.54. The van der Waals surface area contributed by atoms with Gasteiger partial charge in [-0.3, -0.25) is 9.97 Å². The first-order valence-electron chi connectivity index (χ1n) is 13.6. The third-order valence-electron chi connectivity index (χ3n) is 7.36. The Bertz CT molecular complexity index is 1150. The largest absolute Gasteiger partial charge is 0.362 e. The molecule has 2 N–H and O–H groups in total. The zero-order chi connectivity index (χ0) is 26.2. The first-order valence-corrected chi connectivity index (χ1v) is 15.3. The predicted molar refractivity (Wildman–Crippen MR) is 162 cm³/mol. The van der Waals surface area contributed by atoms with Crippen LogP contribution < -0.4 is 20.4 Å². The molecule has 8 heteroatoms. The van der Waals surface area contributed by atoms with Gasteiger partial charge in [0.05, 0.1) is 34.8 Å². The summed E-state index contributed by atoms with van der Waals surface area (Å²) in [4.78, 5) is 16.9. The van der Waals surface area contributed by atoms with E-state index in [-0.39, 0.29) is 0 Å². The molecule has 6 rings (SSSR count). The van der Waals surface area contributed by atoms with Crippen molar-refractivity contribution in [3.63, 3.8) is 0 Å². The van der Waals surface area contributed by atoms with E-state index in [2.05, 4.69) is 77.6 Å². The van der Waals surface area contributed by atoms with Crippen LogP contribution in [0.3, 0.4) is 0 Å². The number of fused-ring (bicyclic) bond motifs is 2. The molecule has 0 fully saturated rings. The average molecular weight is 547 g/mol. The third kappa shape index (κ3) is 6.10. The van der Waals surface area contributed by atoms with Crippen LogP contribution in [0.25, 0.3) is 0 Å². The molecule has 6 heterocycles. The van der Waals surface area contributed by atoms with Gasteiger partial charge in [0.2, 0.25) is 0 Å². The van der Waals surface area contributed by atoms with Gasteiger partial charge < -0.3 is 20.4 Å². The second kappa shape index (κ2) is 13.3. The van der Waals surface area contributed by atoms with Crippen molar-refractivity contribution in [2.75, 3.05) is 50.1 Å². The number of thiophene rings is 2. The second-order valence-corrected chi connectivity index (χ2v) is 11.6. The van der Waals surface area contributed by atoms with E-state index in [4.69, 9.17) is 0 Å². The van der Waals surface area contributed by atoms with Gasteiger partial charge in [0.25, 0.3) is 0 Å². The van der Waals surface area contributed by atoms with Crippen LogP contribution in [0, 0.1) is 0 Å². The van der Waals surface area contributed by atoms with Gasteiger partial charge in [-0.1, -0.05) is 12.1 Å². The fourth-order valence-corrected chi connectivity index (χ4v) is 7.28. The first kappa shape index (κ1) is 26.8. The Morgan fingerprint density at radius 2 is 1.18 bits per heavy atom. The topological polar surface area (TPSA) is 56.3 Å². The molecule has 0 spiro atoms.